The van der Waals surface area contributed by atoms with Crippen molar-refractivity contribution in [2.24, 2.45) is 0 Å². The summed E-state index contributed by atoms with van der Waals surface area (Å²) in [5.41, 5.74) is 2.72. The van der Waals surface area contributed by atoms with E-state index in [9.17, 15) is 14.4 Å². The Kier molecular flexibility index (Phi) is 6.45. The number of ether oxygens (including phenoxy) is 1. The molecular formula is C22H20N4O4. The molecule has 1 heterocycles. The minimum atomic E-state index is -0.926. The number of carbonyl (C=O) groups excluding carboxylic acids is 3. The van der Waals surface area contributed by atoms with Gasteiger partial charge in [0.05, 0.1) is 11.6 Å². The zero-order chi connectivity index (χ0) is 21.5. The van der Waals surface area contributed by atoms with Gasteiger partial charge in [0.1, 0.15) is 6.04 Å². The maximum atomic E-state index is 12.5. The maximum absolute atomic E-state index is 12.5. The van der Waals surface area contributed by atoms with Crippen LogP contribution in [0.1, 0.15) is 18.1 Å². The third kappa shape index (κ3) is 5.23. The molecule has 0 unspecified atom stereocenters. The molecule has 0 saturated carbocycles. The lowest BCUT2D eigenvalue weighted by molar-refractivity contribution is -0.150. The summed E-state index contributed by atoms with van der Waals surface area (Å²) in [6.45, 7) is 0.815. The van der Waals surface area contributed by atoms with Crippen molar-refractivity contribution >= 4 is 34.4 Å². The minimum absolute atomic E-state index is 0.222. The number of aromatic nitrogens is 1. The highest BCUT2D eigenvalue weighted by molar-refractivity contribution is 5.93. The maximum Gasteiger partial charge on any atom is 0.329 e. The smallest absolute Gasteiger partial charge is 0.329 e. The van der Waals surface area contributed by atoms with Crippen molar-refractivity contribution in [2.45, 2.75) is 19.4 Å². The molecule has 1 aromatic heterocycles. The summed E-state index contributed by atoms with van der Waals surface area (Å²) in [6.07, 6.45) is 2.00. The van der Waals surface area contributed by atoms with E-state index in [1.807, 2.05) is 30.3 Å². The normalized spacial score (nSPS) is 11.3. The number of H-pyrrole nitrogens is 1. The van der Waals surface area contributed by atoms with Crippen LogP contribution in [-0.2, 0) is 25.5 Å². The van der Waals surface area contributed by atoms with Gasteiger partial charge in [-0.1, -0.05) is 18.2 Å². The van der Waals surface area contributed by atoms with Crippen LogP contribution in [0.4, 0.5) is 5.69 Å². The summed E-state index contributed by atoms with van der Waals surface area (Å²) < 4.78 is 5.12. The molecule has 1 atom stereocenters. The predicted molar refractivity (Wildman–Crippen MR) is 110 cm³/mol. The molecule has 2 amide bonds. The van der Waals surface area contributed by atoms with Crippen molar-refractivity contribution < 1.29 is 19.1 Å². The van der Waals surface area contributed by atoms with Gasteiger partial charge >= 0.3 is 5.97 Å². The van der Waals surface area contributed by atoms with Crippen molar-refractivity contribution in [1.82, 2.24) is 10.3 Å². The Balaban J connectivity index is 1.61. The standard InChI is InChI=1S/C22H20N4O4/c1-14(27)25-20(10-16-12-24-19-5-3-2-4-18(16)19)22(29)30-13-21(28)26-17-8-6-15(11-23)7-9-17/h2-9,12,20,24H,10,13H2,1H3,(H,25,27)(H,26,28)/t20-/m0/s1. The largest absolute Gasteiger partial charge is 0.454 e. The number of nitrogens with one attached hydrogen (secondary N) is 3. The van der Waals surface area contributed by atoms with Gasteiger partial charge in [0, 0.05) is 36.1 Å². The van der Waals surface area contributed by atoms with Gasteiger partial charge in [-0.15, -0.1) is 0 Å². The second-order valence-corrected chi connectivity index (χ2v) is 6.66. The number of amides is 2. The van der Waals surface area contributed by atoms with Crippen LogP contribution in [0.5, 0.6) is 0 Å². The van der Waals surface area contributed by atoms with Crippen molar-refractivity contribution in [3.05, 3.63) is 65.9 Å². The summed E-state index contributed by atoms with van der Waals surface area (Å²) in [5, 5.41) is 14.9. The summed E-state index contributed by atoms with van der Waals surface area (Å²) >= 11 is 0. The predicted octanol–water partition coefficient (Wildman–Crippen LogP) is 2.27. The molecule has 0 fully saturated rings. The molecule has 0 aliphatic heterocycles. The Hall–Kier alpha value is -4.12. The molecule has 0 aliphatic carbocycles. The first-order chi connectivity index (χ1) is 14.5. The van der Waals surface area contributed by atoms with Gasteiger partial charge in [0.15, 0.2) is 6.61 Å². The van der Waals surface area contributed by atoms with Crippen LogP contribution in [0.3, 0.4) is 0 Å². The van der Waals surface area contributed by atoms with Crippen LogP contribution in [0, 0.1) is 11.3 Å². The van der Waals surface area contributed by atoms with Crippen molar-refractivity contribution in [2.75, 3.05) is 11.9 Å². The number of para-hydroxylation sites is 1. The van der Waals surface area contributed by atoms with Gasteiger partial charge in [-0.05, 0) is 35.9 Å². The monoisotopic (exact) mass is 404 g/mol. The molecule has 0 aliphatic rings. The van der Waals surface area contributed by atoms with Gasteiger partial charge in [-0.25, -0.2) is 4.79 Å². The lowest BCUT2D eigenvalue weighted by Gasteiger charge is -2.16. The average Bonchev–Trinajstić information content (AvgIpc) is 3.15. The number of anilines is 1. The molecule has 2 aromatic carbocycles. The van der Waals surface area contributed by atoms with Crippen molar-refractivity contribution in [3.63, 3.8) is 0 Å². The molecule has 0 bridgehead atoms. The van der Waals surface area contributed by atoms with Crippen LogP contribution in [-0.4, -0.2) is 35.4 Å². The van der Waals surface area contributed by atoms with Crippen LogP contribution in [0.15, 0.2) is 54.7 Å². The lowest BCUT2D eigenvalue weighted by atomic mass is 10.0. The fourth-order valence-electron chi connectivity index (χ4n) is 3.02. The molecule has 152 valence electrons. The summed E-state index contributed by atoms with van der Waals surface area (Å²) in [6, 6.07) is 15.0. The molecule has 30 heavy (non-hydrogen) atoms. The number of nitriles is 1. The van der Waals surface area contributed by atoms with Gasteiger partial charge in [0.2, 0.25) is 5.91 Å². The Morgan fingerprint density at radius 2 is 1.87 bits per heavy atom. The van der Waals surface area contributed by atoms with E-state index in [1.165, 1.54) is 6.92 Å². The highest BCUT2D eigenvalue weighted by atomic mass is 16.5. The number of esters is 1. The van der Waals surface area contributed by atoms with Crippen LogP contribution in [0.2, 0.25) is 0 Å². The van der Waals surface area contributed by atoms with Crippen molar-refractivity contribution in [1.29, 1.82) is 5.26 Å². The lowest BCUT2D eigenvalue weighted by Crippen LogP contribution is -2.43. The quantitative estimate of drug-likeness (QED) is 0.521. The van der Waals surface area contributed by atoms with Gasteiger partial charge in [0.25, 0.3) is 5.91 Å². The average molecular weight is 404 g/mol. The van der Waals surface area contributed by atoms with Crippen LogP contribution < -0.4 is 10.6 Å². The van der Waals surface area contributed by atoms with E-state index < -0.39 is 24.5 Å². The van der Waals surface area contributed by atoms with Crippen LogP contribution >= 0.6 is 0 Å². The van der Waals surface area contributed by atoms with E-state index >= 15 is 0 Å². The molecule has 0 spiro atoms. The second-order valence-electron chi connectivity index (χ2n) is 6.66. The Bertz CT molecular complexity index is 1110. The highest BCUT2D eigenvalue weighted by Gasteiger charge is 2.23. The number of aromatic amines is 1. The Labute approximate surface area is 172 Å². The minimum Gasteiger partial charge on any atom is -0.454 e. The molecule has 3 rings (SSSR count). The van der Waals surface area contributed by atoms with E-state index in [1.54, 1.807) is 30.5 Å². The molecule has 0 saturated heterocycles. The number of fused-ring (bicyclic) bond motifs is 1. The zero-order valence-electron chi connectivity index (χ0n) is 16.3. The fraction of sp³-hybridized carbons (Fsp3) is 0.182. The van der Waals surface area contributed by atoms with E-state index in [2.05, 4.69) is 15.6 Å². The Morgan fingerprint density at radius 1 is 1.13 bits per heavy atom. The number of hydrogen-bond donors (Lipinski definition) is 3. The number of nitrogens with zero attached hydrogens (tertiary/aromatic N) is 1. The zero-order valence-corrected chi connectivity index (χ0v) is 16.3. The number of benzene rings is 2. The molecule has 0 radical (unpaired) electrons. The summed E-state index contributed by atoms with van der Waals surface area (Å²) in [4.78, 5) is 39.3. The molecule has 8 nitrogen and oxygen atoms in total. The second kappa shape index (κ2) is 9.39. The molecular weight excluding hydrogens is 384 g/mol. The third-order valence-electron chi connectivity index (χ3n) is 4.40. The summed E-state index contributed by atoms with van der Waals surface area (Å²) in [7, 11) is 0. The highest BCUT2D eigenvalue weighted by Crippen LogP contribution is 2.19. The fourth-order valence-corrected chi connectivity index (χ4v) is 3.02. The number of rotatable bonds is 7. The topological polar surface area (TPSA) is 124 Å². The summed E-state index contributed by atoms with van der Waals surface area (Å²) in [5.74, 6) is -1.61. The first-order valence-corrected chi connectivity index (χ1v) is 9.25. The van der Waals surface area contributed by atoms with E-state index in [4.69, 9.17) is 10.00 Å². The molecule has 3 N–H and O–H groups in total. The van der Waals surface area contributed by atoms with Crippen LogP contribution in [0.25, 0.3) is 10.9 Å². The third-order valence-corrected chi connectivity index (χ3v) is 4.40. The first-order valence-electron chi connectivity index (χ1n) is 9.25. The molecule has 3 aromatic rings. The number of carbonyl (C=O) groups is 3. The van der Waals surface area contributed by atoms with E-state index in [0.29, 0.717) is 11.3 Å². The van der Waals surface area contributed by atoms with E-state index in [0.717, 1.165) is 16.5 Å². The van der Waals surface area contributed by atoms with Gasteiger partial charge in [-0.2, -0.15) is 5.26 Å². The van der Waals surface area contributed by atoms with Gasteiger partial charge in [-0.3, -0.25) is 9.59 Å². The number of hydrogen-bond acceptors (Lipinski definition) is 5. The first kappa shape index (κ1) is 20.6. The van der Waals surface area contributed by atoms with E-state index in [-0.39, 0.29) is 12.3 Å². The van der Waals surface area contributed by atoms with Gasteiger partial charge < -0.3 is 20.4 Å². The van der Waals surface area contributed by atoms with Crippen molar-refractivity contribution in [3.8, 4) is 6.07 Å². The SMILES string of the molecule is CC(=O)N[C@@H](Cc1c[nH]c2ccccc12)C(=O)OCC(=O)Nc1ccc(C#N)cc1. The molecule has 8 heteroatoms. The Morgan fingerprint density at radius 3 is 2.57 bits per heavy atom.